The molecule has 1 heterocycles. The molecule has 1 aromatic carbocycles. The summed E-state index contributed by atoms with van der Waals surface area (Å²) in [6, 6.07) is 5.79. The van der Waals surface area contributed by atoms with E-state index in [1.54, 1.807) is 6.07 Å². The summed E-state index contributed by atoms with van der Waals surface area (Å²) in [5.74, 6) is 4.31. The van der Waals surface area contributed by atoms with Gasteiger partial charge in [0.25, 0.3) is 5.91 Å². The molecule has 0 aliphatic heterocycles. The molecule has 1 amide bonds. The van der Waals surface area contributed by atoms with Crippen molar-refractivity contribution in [2.24, 2.45) is 5.73 Å². The largest absolute Gasteiger partial charge is 0.320 e. The van der Waals surface area contributed by atoms with E-state index >= 15 is 0 Å². The molecule has 19 heavy (non-hydrogen) atoms. The van der Waals surface area contributed by atoms with E-state index in [0.29, 0.717) is 5.56 Å². The number of H-pyrrole nitrogens is 1. The molecule has 96 valence electrons. The molecule has 5 nitrogen and oxygen atoms in total. The Morgan fingerprint density at radius 2 is 2.32 bits per heavy atom. The van der Waals surface area contributed by atoms with Crippen LogP contribution in [-0.4, -0.2) is 22.6 Å². The Bertz CT molecular complexity index is 640. The van der Waals surface area contributed by atoms with E-state index in [1.165, 1.54) is 24.4 Å². The van der Waals surface area contributed by atoms with Gasteiger partial charge in [-0.1, -0.05) is 11.8 Å². The van der Waals surface area contributed by atoms with Crippen molar-refractivity contribution in [1.29, 1.82) is 0 Å². The normalized spacial score (nSPS) is 9.58. The Morgan fingerprint density at radius 3 is 2.95 bits per heavy atom. The Kier molecular flexibility index (Phi) is 3.90. The molecule has 0 bridgehead atoms. The Hall–Kier alpha value is -2.65. The van der Waals surface area contributed by atoms with E-state index in [9.17, 15) is 9.18 Å². The second kappa shape index (κ2) is 5.80. The van der Waals surface area contributed by atoms with Gasteiger partial charge in [-0.2, -0.15) is 5.10 Å². The molecule has 0 fully saturated rings. The summed E-state index contributed by atoms with van der Waals surface area (Å²) in [5.41, 5.74) is 6.07. The van der Waals surface area contributed by atoms with Gasteiger partial charge in [-0.15, -0.1) is 0 Å². The maximum absolute atomic E-state index is 13.7. The molecule has 2 rings (SSSR count). The number of nitrogens with zero attached hydrogens (tertiary/aromatic N) is 1. The summed E-state index contributed by atoms with van der Waals surface area (Å²) in [5, 5.41) is 8.58. The van der Waals surface area contributed by atoms with Crippen LogP contribution in [0.25, 0.3) is 0 Å². The van der Waals surface area contributed by atoms with Gasteiger partial charge in [-0.25, -0.2) is 4.39 Å². The third-order valence-electron chi connectivity index (χ3n) is 2.30. The number of aromatic amines is 1. The molecule has 2 aromatic rings. The van der Waals surface area contributed by atoms with Gasteiger partial charge >= 0.3 is 0 Å². The Labute approximate surface area is 109 Å². The average Bonchev–Trinajstić information content (AvgIpc) is 2.93. The number of rotatable bonds is 2. The van der Waals surface area contributed by atoms with Gasteiger partial charge < -0.3 is 11.1 Å². The summed E-state index contributed by atoms with van der Waals surface area (Å²) in [6.07, 6.45) is 1.44. The van der Waals surface area contributed by atoms with Crippen molar-refractivity contribution in [3.05, 3.63) is 47.5 Å². The van der Waals surface area contributed by atoms with E-state index in [-0.39, 0.29) is 17.9 Å². The molecule has 0 spiro atoms. The maximum atomic E-state index is 13.7. The number of halogens is 1. The fourth-order valence-corrected chi connectivity index (χ4v) is 1.42. The highest BCUT2D eigenvalue weighted by Gasteiger charge is 2.10. The lowest BCUT2D eigenvalue weighted by molar-refractivity contribution is 0.102. The zero-order chi connectivity index (χ0) is 13.7. The van der Waals surface area contributed by atoms with Crippen LogP contribution in [0, 0.1) is 17.7 Å². The van der Waals surface area contributed by atoms with Crippen LogP contribution in [-0.2, 0) is 0 Å². The highest BCUT2D eigenvalue weighted by atomic mass is 19.1. The monoisotopic (exact) mass is 258 g/mol. The molecule has 0 aliphatic rings. The van der Waals surface area contributed by atoms with Crippen LogP contribution in [0.15, 0.2) is 30.5 Å². The van der Waals surface area contributed by atoms with E-state index < -0.39 is 11.7 Å². The highest BCUT2D eigenvalue weighted by molar-refractivity contribution is 6.02. The summed E-state index contributed by atoms with van der Waals surface area (Å²) in [6.45, 7) is 0.208. The summed E-state index contributed by atoms with van der Waals surface area (Å²) >= 11 is 0. The lowest BCUT2D eigenvalue weighted by Crippen LogP contribution is -2.13. The quantitative estimate of drug-likeness (QED) is 0.705. The highest BCUT2D eigenvalue weighted by Crippen LogP contribution is 2.16. The van der Waals surface area contributed by atoms with Crippen molar-refractivity contribution in [2.75, 3.05) is 11.9 Å². The van der Waals surface area contributed by atoms with Crippen molar-refractivity contribution < 1.29 is 9.18 Å². The first kappa shape index (κ1) is 12.8. The Morgan fingerprint density at radius 1 is 1.47 bits per heavy atom. The molecule has 6 heteroatoms. The van der Waals surface area contributed by atoms with Crippen molar-refractivity contribution in [1.82, 2.24) is 10.2 Å². The number of hydrogen-bond donors (Lipinski definition) is 3. The zero-order valence-electron chi connectivity index (χ0n) is 9.90. The molecule has 1 aromatic heterocycles. The minimum absolute atomic E-state index is 0.0814. The zero-order valence-corrected chi connectivity index (χ0v) is 9.90. The third-order valence-corrected chi connectivity index (χ3v) is 2.30. The fraction of sp³-hybridized carbons (Fsp3) is 0.0769. The number of nitrogens with two attached hydrogens (primary N) is 1. The number of carbonyl (C=O) groups excluding carboxylic acids is 1. The molecule has 0 saturated carbocycles. The number of aromatic nitrogens is 2. The minimum atomic E-state index is -0.559. The van der Waals surface area contributed by atoms with Crippen LogP contribution in [0.4, 0.5) is 10.1 Å². The van der Waals surface area contributed by atoms with E-state index in [4.69, 9.17) is 5.73 Å². The van der Waals surface area contributed by atoms with Crippen molar-refractivity contribution in [3.63, 3.8) is 0 Å². The lowest BCUT2D eigenvalue weighted by Gasteiger charge is -2.05. The summed E-state index contributed by atoms with van der Waals surface area (Å²) in [7, 11) is 0. The molecular formula is C13H11FN4O. The number of amides is 1. The minimum Gasteiger partial charge on any atom is -0.320 e. The average molecular weight is 258 g/mol. The predicted octanol–water partition coefficient (Wildman–Crippen LogP) is 1.11. The predicted molar refractivity (Wildman–Crippen MR) is 68.9 cm³/mol. The molecule has 4 N–H and O–H groups in total. The molecule has 0 unspecified atom stereocenters. The fourth-order valence-electron chi connectivity index (χ4n) is 1.42. The van der Waals surface area contributed by atoms with Gasteiger partial charge in [0.05, 0.1) is 12.2 Å². The third kappa shape index (κ3) is 3.18. The molecular weight excluding hydrogens is 247 g/mol. The number of carbonyl (C=O) groups is 1. The number of benzene rings is 1. The van der Waals surface area contributed by atoms with Crippen molar-refractivity contribution in [3.8, 4) is 11.8 Å². The summed E-state index contributed by atoms with van der Waals surface area (Å²) < 4.78 is 13.7. The summed E-state index contributed by atoms with van der Waals surface area (Å²) in [4.78, 5) is 11.7. The molecule has 0 saturated heterocycles. The second-order valence-electron chi connectivity index (χ2n) is 3.62. The van der Waals surface area contributed by atoms with E-state index in [1.807, 2.05) is 0 Å². The van der Waals surface area contributed by atoms with Crippen LogP contribution in [0.3, 0.4) is 0 Å². The van der Waals surface area contributed by atoms with Gasteiger partial charge in [0.1, 0.15) is 11.5 Å². The first-order valence-corrected chi connectivity index (χ1v) is 5.50. The Balaban J connectivity index is 2.15. The van der Waals surface area contributed by atoms with E-state index in [0.717, 1.165) is 0 Å². The smallest absolute Gasteiger partial charge is 0.273 e. The van der Waals surface area contributed by atoms with Crippen molar-refractivity contribution >= 4 is 11.6 Å². The van der Waals surface area contributed by atoms with Crippen molar-refractivity contribution in [2.45, 2.75) is 0 Å². The van der Waals surface area contributed by atoms with Gasteiger partial charge in [0, 0.05) is 11.8 Å². The van der Waals surface area contributed by atoms with Crippen LogP contribution < -0.4 is 11.1 Å². The molecule has 0 radical (unpaired) electrons. The SMILES string of the molecule is NCC#Cc1ccc(NC(=O)c2ccn[nH]2)c(F)c1. The van der Waals surface area contributed by atoms with Gasteiger partial charge in [0.2, 0.25) is 0 Å². The molecule has 0 aliphatic carbocycles. The number of nitrogens with one attached hydrogen (secondary N) is 2. The topological polar surface area (TPSA) is 83.8 Å². The second-order valence-corrected chi connectivity index (χ2v) is 3.62. The van der Waals surface area contributed by atoms with Gasteiger partial charge in [-0.3, -0.25) is 9.89 Å². The number of anilines is 1. The van der Waals surface area contributed by atoms with Gasteiger partial charge in [-0.05, 0) is 24.3 Å². The number of hydrogen-bond acceptors (Lipinski definition) is 3. The maximum Gasteiger partial charge on any atom is 0.273 e. The first-order valence-electron chi connectivity index (χ1n) is 5.50. The van der Waals surface area contributed by atoms with Crippen LogP contribution in [0.5, 0.6) is 0 Å². The van der Waals surface area contributed by atoms with E-state index in [2.05, 4.69) is 27.4 Å². The van der Waals surface area contributed by atoms with Crippen LogP contribution in [0.2, 0.25) is 0 Å². The van der Waals surface area contributed by atoms with Crippen LogP contribution in [0.1, 0.15) is 16.1 Å². The first-order chi connectivity index (χ1) is 9.20. The lowest BCUT2D eigenvalue weighted by atomic mass is 10.2. The standard InChI is InChI=1S/C13H11FN4O/c14-10-8-9(2-1-6-15)3-4-11(10)17-13(19)12-5-7-16-18-12/h3-5,7-8H,6,15H2,(H,16,18)(H,17,19). The van der Waals surface area contributed by atoms with Gasteiger partial charge in [0.15, 0.2) is 0 Å². The van der Waals surface area contributed by atoms with Crippen LogP contribution >= 0.6 is 0 Å². The molecule has 0 atom stereocenters.